The van der Waals surface area contributed by atoms with Crippen LogP contribution in [-0.2, 0) is 20.6 Å². The van der Waals surface area contributed by atoms with Crippen molar-refractivity contribution >= 4 is 15.9 Å². The van der Waals surface area contributed by atoms with Gasteiger partial charge >= 0.3 is 0 Å². The molecule has 0 saturated carbocycles. The third-order valence-electron chi connectivity index (χ3n) is 3.99. The van der Waals surface area contributed by atoms with Gasteiger partial charge in [-0.25, -0.2) is 12.8 Å². The summed E-state index contributed by atoms with van der Waals surface area (Å²) >= 11 is 0. The predicted octanol–water partition coefficient (Wildman–Crippen LogP) is 1.99. The van der Waals surface area contributed by atoms with Gasteiger partial charge in [-0.05, 0) is 24.1 Å². The molecule has 1 amide bonds. The molecule has 1 aromatic carbocycles. The first-order valence-electron chi connectivity index (χ1n) is 7.92. The second-order valence-electron chi connectivity index (χ2n) is 5.77. The van der Waals surface area contributed by atoms with Crippen molar-refractivity contribution in [3.63, 3.8) is 0 Å². The van der Waals surface area contributed by atoms with Crippen LogP contribution in [0, 0.1) is 5.82 Å². The summed E-state index contributed by atoms with van der Waals surface area (Å²) in [6.07, 6.45) is 2.36. The maximum absolute atomic E-state index is 12.9. The Kier molecular flexibility index (Phi) is 6.12. The van der Waals surface area contributed by atoms with Crippen molar-refractivity contribution in [3.8, 4) is 0 Å². The molecule has 1 saturated heterocycles. The Morgan fingerprint density at radius 2 is 1.74 bits per heavy atom. The van der Waals surface area contributed by atoms with Gasteiger partial charge in [-0.15, -0.1) is 0 Å². The third kappa shape index (κ3) is 5.00. The number of rotatable bonds is 6. The Morgan fingerprint density at radius 1 is 1.13 bits per heavy atom. The largest absolute Gasteiger partial charge is 0.340 e. The summed E-state index contributed by atoms with van der Waals surface area (Å²) in [4.78, 5) is 13.7. The lowest BCUT2D eigenvalue weighted by Crippen LogP contribution is -2.50. The van der Waals surface area contributed by atoms with Crippen LogP contribution in [0.4, 0.5) is 4.39 Å². The van der Waals surface area contributed by atoms with E-state index in [9.17, 15) is 17.6 Å². The van der Waals surface area contributed by atoms with Gasteiger partial charge in [-0.3, -0.25) is 4.79 Å². The molecule has 1 heterocycles. The van der Waals surface area contributed by atoms with Crippen molar-refractivity contribution in [1.29, 1.82) is 0 Å². The number of piperazine rings is 1. The highest BCUT2D eigenvalue weighted by Gasteiger charge is 2.28. The lowest BCUT2D eigenvalue weighted by molar-refractivity contribution is -0.132. The monoisotopic (exact) mass is 342 g/mol. The maximum atomic E-state index is 12.9. The standard InChI is InChI=1S/C16H23FN2O3S/c1-2-3-4-16(20)18-9-11-19(12-10-18)23(21,22)13-14-5-7-15(17)8-6-14/h5-8H,2-4,9-13H2,1H3. The summed E-state index contributed by atoms with van der Waals surface area (Å²) in [5.41, 5.74) is 0.563. The summed E-state index contributed by atoms with van der Waals surface area (Å²) in [6, 6.07) is 5.49. The topological polar surface area (TPSA) is 57.7 Å². The van der Waals surface area contributed by atoms with Gasteiger partial charge in [0.05, 0.1) is 5.75 Å². The van der Waals surface area contributed by atoms with Crippen LogP contribution in [0.25, 0.3) is 0 Å². The fourth-order valence-corrected chi connectivity index (χ4v) is 4.10. The number of hydrogen-bond donors (Lipinski definition) is 0. The van der Waals surface area contributed by atoms with Crippen LogP contribution >= 0.6 is 0 Å². The summed E-state index contributed by atoms with van der Waals surface area (Å²) in [5, 5.41) is 0. The Bertz CT molecular complexity index is 623. The van der Waals surface area contributed by atoms with E-state index >= 15 is 0 Å². The molecular formula is C16H23FN2O3S. The highest BCUT2D eigenvalue weighted by molar-refractivity contribution is 7.88. The van der Waals surface area contributed by atoms with E-state index in [0.29, 0.717) is 38.2 Å². The SMILES string of the molecule is CCCCC(=O)N1CCN(S(=O)(=O)Cc2ccc(F)cc2)CC1. The van der Waals surface area contributed by atoms with Gasteiger partial charge < -0.3 is 4.90 Å². The van der Waals surface area contributed by atoms with Crippen LogP contribution in [0.3, 0.4) is 0 Å². The minimum absolute atomic E-state index is 0.0995. The van der Waals surface area contributed by atoms with Crippen molar-refractivity contribution in [2.75, 3.05) is 26.2 Å². The first-order valence-corrected chi connectivity index (χ1v) is 9.53. The summed E-state index contributed by atoms with van der Waals surface area (Å²) < 4.78 is 39.1. The molecule has 0 N–H and O–H groups in total. The van der Waals surface area contributed by atoms with E-state index in [1.165, 1.54) is 28.6 Å². The molecule has 0 unspecified atom stereocenters. The van der Waals surface area contributed by atoms with Crippen LogP contribution in [-0.4, -0.2) is 49.7 Å². The van der Waals surface area contributed by atoms with Gasteiger partial charge in [0, 0.05) is 32.6 Å². The molecule has 1 aliphatic heterocycles. The minimum Gasteiger partial charge on any atom is -0.340 e. The highest BCUT2D eigenvalue weighted by atomic mass is 32.2. The number of sulfonamides is 1. The fraction of sp³-hybridized carbons (Fsp3) is 0.562. The zero-order chi connectivity index (χ0) is 16.9. The molecule has 1 fully saturated rings. The molecular weight excluding hydrogens is 319 g/mol. The molecule has 0 aromatic heterocycles. The van der Waals surface area contributed by atoms with Crippen LogP contribution < -0.4 is 0 Å². The lowest BCUT2D eigenvalue weighted by atomic mass is 10.2. The molecule has 7 heteroatoms. The number of benzene rings is 1. The van der Waals surface area contributed by atoms with Crippen molar-refractivity contribution in [1.82, 2.24) is 9.21 Å². The van der Waals surface area contributed by atoms with Crippen molar-refractivity contribution in [2.45, 2.75) is 31.9 Å². The highest BCUT2D eigenvalue weighted by Crippen LogP contribution is 2.15. The van der Waals surface area contributed by atoms with E-state index in [1.807, 2.05) is 6.92 Å². The van der Waals surface area contributed by atoms with Crippen molar-refractivity contribution < 1.29 is 17.6 Å². The molecule has 1 aliphatic rings. The molecule has 1 aromatic rings. The average molecular weight is 342 g/mol. The summed E-state index contributed by atoms with van der Waals surface area (Å²) in [5.74, 6) is -0.426. The number of halogens is 1. The van der Waals surface area contributed by atoms with E-state index in [-0.39, 0.29) is 17.5 Å². The first-order chi connectivity index (χ1) is 10.9. The van der Waals surface area contributed by atoms with Crippen LogP contribution in [0.1, 0.15) is 31.7 Å². The van der Waals surface area contributed by atoms with Crippen molar-refractivity contribution in [2.24, 2.45) is 0 Å². The van der Waals surface area contributed by atoms with Crippen LogP contribution in [0.5, 0.6) is 0 Å². The Labute approximate surface area is 137 Å². The second kappa shape index (κ2) is 7.88. The second-order valence-corrected chi connectivity index (χ2v) is 7.73. The molecule has 0 atom stereocenters. The van der Waals surface area contributed by atoms with Crippen LogP contribution in [0.2, 0.25) is 0 Å². The first kappa shape index (κ1) is 17.9. The number of hydrogen-bond acceptors (Lipinski definition) is 3. The number of amides is 1. The molecule has 0 spiro atoms. The van der Waals surface area contributed by atoms with E-state index in [4.69, 9.17) is 0 Å². The van der Waals surface area contributed by atoms with E-state index in [0.717, 1.165) is 12.8 Å². The quantitative estimate of drug-likeness (QED) is 0.794. The van der Waals surface area contributed by atoms with Gasteiger partial charge in [0.25, 0.3) is 0 Å². The summed E-state index contributed by atoms with van der Waals surface area (Å²) in [6.45, 7) is 3.55. The number of unbranched alkanes of at least 4 members (excludes halogenated alkanes) is 1. The molecule has 0 bridgehead atoms. The van der Waals surface area contributed by atoms with Gasteiger partial charge in [0.15, 0.2) is 0 Å². The maximum Gasteiger partial charge on any atom is 0.222 e. The zero-order valence-corrected chi connectivity index (χ0v) is 14.2. The van der Waals surface area contributed by atoms with Gasteiger partial charge in [-0.2, -0.15) is 4.31 Å². The third-order valence-corrected chi connectivity index (χ3v) is 5.84. The predicted molar refractivity (Wildman–Crippen MR) is 86.7 cm³/mol. The Hall–Kier alpha value is -1.47. The summed E-state index contributed by atoms with van der Waals surface area (Å²) in [7, 11) is -3.44. The molecule has 0 aliphatic carbocycles. The lowest BCUT2D eigenvalue weighted by Gasteiger charge is -2.34. The van der Waals surface area contributed by atoms with Crippen molar-refractivity contribution in [3.05, 3.63) is 35.6 Å². The fourth-order valence-electron chi connectivity index (χ4n) is 2.58. The molecule has 2 rings (SSSR count). The number of carbonyl (C=O) groups excluding carboxylic acids is 1. The van der Waals surface area contributed by atoms with E-state index in [2.05, 4.69) is 0 Å². The average Bonchev–Trinajstić information content (AvgIpc) is 2.54. The van der Waals surface area contributed by atoms with E-state index < -0.39 is 10.0 Å². The number of carbonyl (C=O) groups is 1. The molecule has 0 radical (unpaired) electrons. The normalized spacial score (nSPS) is 16.5. The smallest absolute Gasteiger partial charge is 0.222 e. The molecule has 23 heavy (non-hydrogen) atoms. The zero-order valence-electron chi connectivity index (χ0n) is 13.4. The van der Waals surface area contributed by atoms with Crippen LogP contribution in [0.15, 0.2) is 24.3 Å². The van der Waals surface area contributed by atoms with Gasteiger partial charge in [0.1, 0.15) is 5.82 Å². The minimum atomic E-state index is -3.44. The van der Waals surface area contributed by atoms with Gasteiger partial charge in [-0.1, -0.05) is 25.5 Å². The van der Waals surface area contributed by atoms with Gasteiger partial charge in [0.2, 0.25) is 15.9 Å². The molecule has 5 nitrogen and oxygen atoms in total. The number of nitrogens with zero attached hydrogens (tertiary/aromatic N) is 2. The Morgan fingerprint density at radius 3 is 2.30 bits per heavy atom. The molecule has 128 valence electrons. The Balaban J connectivity index is 1.90. The van der Waals surface area contributed by atoms with E-state index in [1.54, 1.807) is 4.90 Å².